The molecule has 0 saturated carbocycles. The quantitative estimate of drug-likeness (QED) is 0.0272. The highest BCUT2D eigenvalue weighted by atomic mass is 31.2. The van der Waals surface area contributed by atoms with Gasteiger partial charge in [0, 0.05) is 6.42 Å². The number of allylic oxidation sites excluding steroid dienone is 5. The Hall–Kier alpha value is -1.28. The number of rotatable bonds is 58. The number of phosphoric ester groups is 1. The van der Waals surface area contributed by atoms with Crippen molar-refractivity contribution in [3.05, 3.63) is 36.5 Å². The molecule has 9 heteroatoms. The van der Waals surface area contributed by atoms with Gasteiger partial charge in [0.25, 0.3) is 7.82 Å². The van der Waals surface area contributed by atoms with Crippen LogP contribution >= 0.6 is 7.82 Å². The zero-order chi connectivity index (χ0) is 52.7. The largest absolute Gasteiger partial charge is 0.756 e. The SMILES string of the molecule is CCCCCCC/C=C/CC/C=C/C(O)C(COP(=O)([O-])OCC[N+](C)(C)C)NC(=O)CCCCCCCCCCCCCCCCCCC/C=C\CCCCCCCCCCCCCCCCCCCC. The van der Waals surface area contributed by atoms with Gasteiger partial charge in [0.2, 0.25) is 5.91 Å². The van der Waals surface area contributed by atoms with Gasteiger partial charge in [0.05, 0.1) is 39.9 Å². The molecule has 0 aromatic carbocycles. The van der Waals surface area contributed by atoms with Crippen LogP contribution in [0.15, 0.2) is 36.5 Å². The van der Waals surface area contributed by atoms with Crippen molar-refractivity contribution in [1.82, 2.24) is 5.32 Å². The Balaban J connectivity index is 3.84. The minimum atomic E-state index is -4.60. The first-order valence-electron chi connectivity index (χ1n) is 31.4. The maximum absolute atomic E-state index is 12.9. The highest BCUT2D eigenvalue weighted by Crippen LogP contribution is 2.38. The Morgan fingerprint density at radius 2 is 0.778 bits per heavy atom. The maximum atomic E-state index is 12.9. The van der Waals surface area contributed by atoms with Crippen LogP contribution in [0.4, 0.5) is 0 Å². The van der Waals surface area contributed by atoms with E-state index in [1.807, 2.05) is 27.2 Å². The van der Waals surface area contributed by atoms with Crippen molar-refractivity contribution < 1.29 is 32.9 Å². The number of hydrogen-bond donors (Lipinski definition) is 2. The van der Waals surface area contributed by atoms with Crippen LogP contribution in [0.1, 0.15) is 309 Å². The predicted octanol–water partition coefficient (Wildman–Crippen LogP) is 18.7. The van der Waals surface area contributed by atoms with Crippen LogP contribution in [0.25, 0.3) is 0 Å². The van der Waals surface area contributed by atoms with E-state index in [2.05, 4.69) is 43.5 Å². The summed E-state index contributed by atoms with van der Waals surface area (Å²) in [6, 6.07) is -0.901. The van der Waals surface area contributed by atoms with E-state index in [4.69, 9.17) is 9.05 Å². The molecular weight excluding hydrogens is 912 g/mol. The average molecular weight is 1040 g/mol. The van der Waals surface area contributed by atoms with Gasteiger partial charge in [0.1, 0.15) is 13.2 Å². The Morgan fingerprint density at radius 1 is 0.472 bits per heavy atom. The number of quaternary nitrogens is 1. The van der Waals surface area contributed by atoms with Crippen molar-refractivity contribution in [2.45, 2.75) is 321 Å². The highest BCUT2D eigenvalue weighted by molar-refractivity contribution is 7.45. The third-order valence-corrected chi connectivity index (χ3v) is 15.3. The molecule has 0 fully saturated rings. The van der Waals surface area contributed by atoms with Gasteiger partial charge < -0.3 is 28.8 Å². The summed E-state index contributed by atoms with van der Waals surface area (Å²) in [4.78, 5) is 25.4. The molecule has 426 valence electrons. The van der Waals surface area contributed by atoms with Gasteiger partial charge >= 0.3 is 0 Å². The average Bonchev–Trinajstić information content (AvgIpc) is 3.34. The molecule has 0 aliphatic heterocycles. The molecule has 0 aliphatic rings. The molecular formula is C63H123N2O6P. The standard InChI is InChI=1S/C63H123N2O6P/c1-6-8-10-12-14-16-18-19-20-21-22-23-24-25-26-27-28-29-30-31-32-33-34-35-36-37-38-39-40-41-42-43-44-45-47-49-51-53-55-57-63(67)64-61(60-71-72(68,69)70-59-58-65(3,4)5)62(66)56-54-52-50-48-46-17-15-13-11-9-7-2/h31-32,46,48,54,56,61-62,66H,6-30,33-45,47,49-53,55,57-60H2,1-5H3,(H-,64,67,68,69)/b32-31-,48-46+,56-54+. The number of nitrogens with zero attached hydrogens (tertiary/aromatic N) is 1. The summed E-state index contributed by atoms with van der Waals surface area (Å²) >= 11 is 0. The van der Waals surface area contributed by atoms with Crippen LogP contribution in [-0.2, 0) is 18.4 Å². The van der Waals surface area contributed by atoms with Crippen molar-refractivity contribution in [1.29, 1.82) is 0 Å². The summed E-state index contributed by atoms with van der Waals surface area (Å²) in [5, 5.41) is 13.8. The molecule has 0 aromatic rings. The van der Waals surface area contributed by atoms with E-state index in [1.165, 1.54) is 250 Å². The molecule has 72 heavy (non-hydrogen) atoms. The zero-order valence-electron chi connectivity index (χ0n) is 48.6. The number of carbonyl (C=O) groups excluding carboxylic acids is 1. The number of phosphoric acid groups is 1. The molecule has 3 unspecified atom stereocenters. The van der Waals surface area contributed by atoms with E-state index in [0.29, 0.717) is 17.4 Å². The minimum absolute atomic E-state index is 0.00539. The Bertz CT molecular complexity index is 1270. The molecule has 0 radical (unpaired) electrons. The molecule has 0 bridgehead atoms. The third kappa shape index (κ3) is 56.4. The first-order valence-corrected chi connectivity index (χ1v) is 32.8. The fourth-order valence-electron chi connectivity index (χ4n) is 9.40. The van der Waals surface area contributed by atoms with E-state index >= 15 is 0 Å². The van der Waals surface area contributed by atoms with Crippen LogP contribution in [-0.4, -0.2) is 68.5 Å². The van der Waals surface area contributed by atoms with E-state index in [9.17, 15) is 19.4 Å². The van der Waals surface area contributed by atoms with Crippen LogP contribution in [0, 0.1) is 0 Å². The Kier molecular flexibility index (Phi) is 53.5. The van der Waals surface area contributed by atoms with Crippen molar-refractivity contribution in [3.8, 4) is 0 Å². The predicted molar refractivity (Wildman–Crippen MR) is 311 cm³/mol. The molecule has 0 spiro atoms. The van der Waals surface area contributed by atoms with Crippen molar-refractivity contribution in [2.75, 3.05) is 40.9 Å². The minimum Gasteiger partial charge on any atom is -0.756 e. The summed E-state index contributed by atoms with van der Waals surface area (Å²) in [7, 11) is 1.25. The molecule has 0 heterocycles. The summed E-state index contributed by atoms with van der Waals surface area (Å²) in [5.74, 6) is -0.205. The molecule has 2 N–H and O–H groups in total. The highest BCUT2D eigenvalue weighted by Gasteiger charge is 2.23. The van der Waals surface area contributed by atoms with E-state index in [0.717, 1.165) is 38.5 Å². The number of aliphatic hydroxyl groups is 1. The number of unbranched alkanes of at least 4 members (excludes halogenated alkanes) is 41. The first kappa shape index (κ1) is 70.7. The number of amides is 1. The van der Waals surface area contributed by atoms with Crippen molar-refractivity contribution in [2.24, 2.45) is 0 Å². The molecule has 0 rings (SSSR count). The second kappa shape index (κ2) is 54.5. The van der Waals surface area contributed by atoms with E-state index in [-0.39, 0.29) is 12.5 Å². The van der Waals surface area contributed by atoms with Crippen LogP contribution in [0.2, 0.25) is 0 Å². The first-order chi connectivity index (χ1) is 35.0. The summed E-state index contributed by atoms with van der Waals surface area (Å²) < 4.78 is 23.3. The number of hydrogen-bond acceptors (Lipinski definition) is 6. The second-order valence-electron chi connectivity index (χ2n) is 22.8. The molecule has 0 aromatic heterocycles. The van der Waals surface area contributed by atoms with Gasteiger partial charge in [0.15, 0.2) is 0 Å². The van der Waals surface area contributed by atoms with Gasteiger partial charge in [-0.2, -0.15) is 0 Å². The third-order valence-electron chi connectivity index (χ3n) is 14.3. The van der Waals surface area contributed by atoms with E-state index in [1.54, 1.807) is 6.08 Å². The fourth-order valence-corrected chi connectivity index (χ4v) is 10.1. The second-order valence-corrected chi connectivity index (χ2v) is 24.2. The number of carbonyl (C=O) groups is 1. The molecule has 3 atom stereocenters. The van der Waals surface area contributed by atoms with Gasteiger partial charge in [-0.05, 0) is 57.8 Å². The van der Waals surface area contributed by atoms with Crippen LogP contribution in [0.5, 0.6) is 0 Å². The normalized spacial score (nSPS) is 14.0. The van der Waals surface area contributed by atoms with Gasteiger partial charge in [-0.1, -0.05) is 281 Å². The summed E-state index contributed by atoms with van der Waals surface area (Å²) in [5.41, 5.74) is 0. The molecule has 0 saturated heterocycles. The maximum Gasteiger partial charge on any atom is 0.268 e. The molecule has 0 aliphatic carbocycles. The molecule has 8 nitrogen and oxygen atoms in total. The summed E-state index contributed by atoms with van der Waals surface area (Å²) in [6.07, 6.45) is 71.4. The lowest BCUT2D eigenvalue weighted by molar-refractivity contribution is -0.870. The van der Waals surface area contributed by atoms with E-state index < -0.39 is 26.6 Å². The van der Waals surface area contributed by atoms with Crippen LogP contribution < -0.4 is 10.2 Å². The Labute approximate surface area is 448 Å². The number of nitrogens with one attached hydrogen (secondary N) is 1. The zero-order valence-corrected chi connectivity index (χ0v) is 49.5. The van der Waals surface area contributed by atoms with Gasteiger partial charge in [-0.25, -0.2) is 0 Å². The summed E-state index contributed by atoms with van der Waals surface area (Å²) in [6.45, 7) is 4.63. The lowest BCUT2D eigenvalue weighted by Crippen LogP contribution is -2.45. The fraction of sp³-hybridized carbons (Fsp3) is 0.889. The monoisotopic (exact) mass is 1030 g/mol. The van der Waals surface area contributed by atoms with Crippen LogP contribution in [0.3, 0.4) is 0 Å². The van der Waals surface area contributed by atoms with Crippen molar-refractivity contribution >= 4 is 13.7 Å². The topological polar surface area (TPSA) is 108 Å². The van der Waals surface area contributed by atoms with Gasteiger partial charge in [-0.3, -0.25) is 9.36 Å². The van der Waals surface area contributed by atoms with Crippen molar-refractivity contribution in [3.63, 3.8) is 0 Å². The smallest absolute Gasteiger partial charge is 0.268 e. The lowest BCUT2D eigenvalue weighted by atomic mass is 10.0. The van der Waals surface area contributed by atoms with Gasteiger partial charge in [-0.15, -0.1) is 0 Å². The lowest BCUT2D eigenvalue weighted by Gasteiger charge is -2.29. The molecule has 1 amide bonds. The Morgan fingerprint density at radius 3 is 1.12 bits per heavy atom. The number of likely N-dealkylation sites (N-methyl/N-ethyl adjacent to an activating group) is 1. The number of aliphatic hydroxyl groups excluding tert-OH is 1.